The van der Waals surface area contributed by atoms with Crippen molar-refractivity contribution in [1.29, 1.82) is 0 Å². The van der Waals surface area contributed by atoms with E-state index < -0.39 is 5.97 Å². The summed E-state index contributed by atoms with van der Waals surface area (Å²) in [5.41, 5.74) is 0. The van der Waals surface area contributed by atoms with Gasteiger partial charge in [0.05, 0.1) is 0 Å². The van der Waals surface area contributed by atoms with Crippen LogP contribution < -0.4 is 10.6 Å². The Morgan fingerprint density at radius 2 is 1.84 bits per heavy atom. The molecule has 0 spiro atoms. The van der Waals surface area contributed by atoms with Crippen LogP contribution in [0.2, 0.25) is 0 Å². The van der Waals surface area contributed by atoms with Crippen molar-refractivity contribution in [1.82, 2.24) is 15.5 Å². The van der Waals surface area contributed by atoms with Gasteiger partial charge < -0.3 is 20.6 Å². The van der Waals surface area contributed by atoms with E-state index in [9.17, 15) is 14.4 Å². The number of urea groups is 1. The van der Waals surface area contributed by atoms with E-state index in [-0.39, 0.29) is 37.4 Å². The van der Waals surface area contributed by atoms with Crippen molar-refractivity contribution in [2.24, 2.45) is 0 Å². The molecular formula is C12H23N3O4. The summed E-state index contributed by atoms with van der Waals surface area (Å²) in [6.45, 7) is 2.09. The molecule has 7 heteroatoms. The first-order chi connectivity index (χ1) is 8.82. The third-order valence-corrected chi connectivity index (χ3v) is 2.53. The minimum Gasteiger partial charge on any atom is -0.481 e. The molecule has 0 aliphatic carbocycles. The molecule has 0 aliphatic rings. The summed E-state index contributed by atoms with van der Waals surface area (Å²) in [7, 11) is 3.32. The smallest absolute Gasteiger partial charge is 0.315 e. The molecule has 7 nitrogen and oxygen atoms in total. The fourth-order valence-electron chi connectivity index (χ4n) is 1.41. The SMILES string of the molecule is CC(CCCC(=O)O)NC(=O)NCCC(=O)N(C)C. The summed E-state index contributed by atoms with van der Waals surface area (Å²) in [4.78, 5) is 34.5. The number of nitrogens with one attached hydrogen (secondary N) is 2. The molecule has 0 saturated carbocycles. The summed E-state index contributed by atoms with van der Waals surface area (Å²) in [5.74, 6) is -0.881. The molecule has 3 N–H and O–H groups in total. The second-order valence-corrected chi connectivity index (χ2v) is 4.63. The maximum absolute atomic E-state index is 11.4. The third-order valence-electron chi connectivity index (χ3n) is 2.53. The van der Waals surface area contributed by atoms with Gasteiger partial charge in [-0.15, -0.1) is 0 Å². The zero-order chi connectivity index (χ0) is 14.8. The lowest BCUT2D eigenvalue weighted by Crippen LogP contribution is -2.42. The molecule has 19 heavy (non-hydrogen) atoms. The van der Waals surface area contributed by atoms with Gasteiger partial charge in [-0.1, -0.05) is 0 Å². The minimum atomic E-state index is -0.834. The molecule has 0 radical (unpaired) electrons. The highest BCUT2D eigenvalue weighted by Crippen LogP contribution is 2.00. The summed E-state index contributed by atoms with van der Waals surface area (Å²) in [6, 6.07) is -0.432. The predicted octanol–water partition coefficient (Wildman–Crippen LogP) is 0.407. The Hall–Kier alpha value is -1.79. The molecule has 1 unspecified atom stereocenters. The van der Waals surface area contributed by atoms with E-state index in [4.69, 9.17) is 5.11 Å². The van der Waals surface area contributed by atoms with Crippen molar-refractivity contribution in [3.63, 3.8) is 0 Å². The standard InChI is InChI=1S/C12H23N3O4/c1-9(5-4-6-11(17)18)14-12(19)13-8-7-10(16)15(2)3/h9H,4-8H2,1-3H3,(H,17,18)(H2,13,14,19). The van der Waals surface area contributed by atoms with E-state index in [0.29, 0.717) is 12.8 Å². The van der Waals surface area contributed by atoms with E-state index in [0.717, 1.165) is 0 Å². The quantitative estimate of drug-likeness (QED) is 0.596. The molecule has 0 aliphatic heterocycles. The Morgan fingerprint density at radius 3 is 2.37 bits per heavy atom. The fraction of sp³-hybridized carbons (Fsp3) is 0.750. The highest BCUT2D eigenvalue weighted by atomic mass is 16.4. The lowest BCUT2D eigenvalue weighted by molar-refractivity contribution is -0.137. The Kier molecular flexibility index (Phi) is 8.32. The summed E-state index contributed by atoms with van der Waals surface area (Å²) >= 11 is 0. The van der Waals surface area contributed by atoms with Crippen LogP contribution in [0.3, 0.4) is 0 Å². The van der Waals surface area contributed by atoms with Gasteiger partial charge in [0.1, 0.15) is 0 Å². The number of aliphatic carboxylic acids is 1. The number of amides is 3. The van der Waals surface area contributed by atoms with Gasteiger partial charge in [-0.05, 0) is 19.8 Å². The van der Waals surface area contributed by atoms with Crippen LogP contribution in [-0.2, 0) is 9.59 Å². The van der Waals surface area contributed by atoms with Crippen LogP contribution in [0.5, 0.6) is 0 Å². The van der Waals surface area contributed by atoms with Crippen LogP contribution in [0.4, 0.5) is 4.79 Å². The Bertz CT molecular complexity index is 318. The van der Waals surface area contributed by atoms with Crippen LogP contribution in [-0.4, -0.2) is 54.6 Å². The van der Waals surface area contributed by atoms with E-state index >= 15 is 0 Å². The number of nitrogens with zero attached hydrogens (tertiary/aromatic N) is 1. The average molecular weight is 273 g/mol. The summed E-state index contributed by atoms with van der Waals surface area (Å²) in [6.07, 6.45) is 1.49. The van der Waals surface area contributed by atoms with Crippen molar-refractivity contribution < 1.29 is 19.5 Å². The molecule has 3 amide bonds. The molecule has 0 bridgehead atoms. The van der Waals surface area contributed by atoms with Crippen molar-refractivity contribution in [3.8, 4) is 0 Å². The first-order valence-corrected chi connectivity index (χ1v) is 6.29. The zero-order valence-electron chi connectivity index (χ0n) is 11.7. The first kappa shape index (κ1) is 17.2. The summed E-state index contributed by atoms with van der Waals surface area (Å²) in [5, 5.41) is 13.8. The number of rotatable bonds is 8. The number of hydrogen-bond donors (Lipinski definition) is 3. The van der Waals surface area contributed by atoms with Gasteiger partial charge in [-0.25, -0.2) is 4.79 Å². The van der Waals surface area contributed by atoms with Crippen molar-refractivity contribution in [2.75, 3.05) is 20.6 Å². The number of carboxylic acids is 1. The van der Waals surface area contributed by atoms with Gasteiger partial charge in [0.2, 0.25) is 5.91 Å². The fourth-order valence-corrected chi connectivity index (χ4v) is 1.41. The molecule has 110 valence electrons. The van der Waals surface area contributed by atoms with Crippen LogP contribution in [0, 0.1) is 0 Å². The highest BCUT2D eigenvalue weighted by molar-refractivity contribution is 5.78. The van der Waals surface area contributed by atoms with E-state index in [1.807, 2.05) is 6.92 Å². The van der Waals surface area contributed by atoms with E-state index in [1.165, 1.54) is 4.90 Å². The highest BCUT2D eigenvalue weighted by Gasteiger charge is 2.09. The molecule has 0 aromatic carbocycles. The van der Waals surface area contributed by atoms with Crippen LogP contribution in [0.15, 0.2) is 0 Å². The second kappa shape index (κ2) is 9.18. The van der Waals surface area contributed by atoms with Crippen LogP contribution in [0.1, 0.15) is 32.6 Å². The predicted molar refractivity (Wildman–Crippen MR) is 70.8 cm³/mol. The van der Waals surface area contributed by atoms with Gasteiger partial charge >= 0.3 is 12.0 Å². The average Bonchev–Trinajstić information content (AvgIpc) is 2.27. The van der Waals surface area contributed by atoms with Gasteiger partial charge in [-0.3, -0.25) is 9.59 Å². The zero-order valence-corrected chi connectivity index (χ0v) is 11.7. The topological polar surface area (TPSA) is 98.7 Å². The maximum atomic E-state index is 11.4. The molecule has 0 heterocycles. The maximum Gasteiger partial charge on any atom is 0.315 e. The lowest BCUT2D eigenvalue weighted by Gasteiger charge is -2.15. The number of hydrogen-bond acceptors (Lipinski definition) is 3. The second-order valence-electron chi connectivity index (χ2n) is 4.63. The number of carbonyl (C=O) groups is 3. The van der Waals surface area contributed by atoms with Crippen molar-refractivity contribution in [3.05, 3.63) is 0 Å². The molecular weight excluding hydrogens is 250 g/mol. The molecule has 0 saturated heterocycles. The number of carboxylic acid groups (broad SMARTS) is 1. The summed E-state index contributed by atoms with van der Waals surface area (Å²) < 4.78 is 0. The van der Waals surface area contributed by atoms with Crippen molar-refractivity contribution >= 4 is 17.9 Å². The Balaban J connectivity index is 3.67. The Labute approximate surface area is 113 Å². The largest absolute Gasteiger partial charge is 0.481 e. The van der Waals surface area contributed by atoms with Crippen LogP contribution in [0.25, 0.3) is 0 Å². The Morgan fingerprint density at radius 1 is 1.21 bits per heavy atom. The molecule has 0 rings (SSSR count). The first-order valence-electron chi connectivity index (χ1n) is 6.29. The minimum absolute atomic E-state index is 0.0465. The normalized spacial score (nSPS) is 11.5. The molecule has 0 fully saturated rings. The molecule has 0 aromatic rings. The molecule has 1 atom stereocenters. The third kappa shape index (κ3) is 9.87. The van der Waals surface area contributed by atoms with Gasteiger partial charge in [0.25, 0.3) is 0 Å². The van der Waals surface area contributed by atoms with Crippen molar-refractivity contribution in [2.45, 2.75) is 38.6 Å². The van der Waals surface area contributed by atoms with Crippen LogP contribution >= 0.6 is 0 Å². The van der Waals surface area contributed by atoms with E-state index in [2.05, 4.69) is 10.6 Å². The van der Waals surface area contributed by atoms with E-state index in [1.54, 1.807) is 14.1 Å². The van der Waals surface area contributed by atoms with Gasteiger partial charge in [-0.2, -0.15) is 0 Å². The van der Waals surface area contributed by atoms with Gasteiger partial charge in [0.15, 0.2) is 0 Å². The number of carbonyl (C=O) groups excluding carboxylic acids is 2. The monoisotopic (exact) mass is 273 g/mol. The molecule has 0 aromatic heterocycles. The van der Waals surface area contributed by atoms with Gasteiger partial charge in [0, 0.05) is 39.5 Å². The lowest BCUT2D eigenvalue weighted by atomic mass is 10.1.